The number of hydrogen-bond donors (Lipinski definition) is 1. The number of anilines is 1. The van der Waals surface area contributed by atoms with Crippen molar-refractivity contribution in [1.29, 1.82) is 0 Å². The Morgan fingerprint density at radius 2 is 1.78 bits per heavy atom. The first kappa shape index (κ1) is 28.0. The molecule has 1 atom stereocenters. The Kier molecular flexibility index (Phi) is 9.79. The number of sulfonamides is 1. The van der Waals surface area contributed by atoms with Crippen LogP contribution in [0.15, 0.2) is 48.5 Å². The summed E-state index contributed by atoms with van der Waals surface area (Å²) < 4.78 is 26.5. The molecule has 1 N–H and O–H groups in total. The Morgan fingerprint density at radius 3 is 2.36 bits per heavy atom. The molecule has 0 unspecified atom stereocenters. The maximum absolute atomic E-state index is 13.7. The summed E-state index contributed by atoms with van der Waals surface area (Å²) in [5, 5.41) is 3.52. The van der Waals surface area contributed by atoms with Crippen LogP contribution < -0.4 is 9.62 Å². The van der Waals surface area contributed by atoms with E-state index in [1.165, 1.54) is 4.90 Å². The summed E-state index contributed by atoms with van der Waals surface area (Å²) >= 11 is 6.25. The Morgan fingerprint density at radius 1 is 1.11 bits per heavy atom. The normalized spacial score (nSPS) is 14.9. The van der Waals surface area contributed by atoms with Crippen LogP contribution in [0, 0.1) is 6.92 Å². The summed E-state index contributed by atoms with van der Waals surface area (Å²) in [6.45, 7) is 3.57. The van der Waals surface area contributed by atoms with Crippen LogP contribution in [0.3, 0.4) is 0 Å². The maximum atomic E-state index is 13.7. The number of amides is 2. The van der Waals surface area contributed by atoms with Crippen molar-refractivity contribution in [2.45, 2.75) is 64.5 Å². The highest BCUT2D eigenvalue weighted by molar-refractivity contribution is 7.92. The molecule has 0 aromatic heterocycles. The zero-order valence-corrected chi connectivity index (χ0v) is 22.8. The van der Waals surface area contributed by atoms with Crippen LogP contribution in [0.2, 0.25) is 5.02 Å². The fraction of sp³-hybridized carbons (Fsp3) is 0.481. The smallest absolute Gasteiger partial charge is 0.244 e. The molecule has 2 aromatic carbocycles. The molecule has 3 rings (SSSR count). The molecule has 0 saturated heterocycles. The summed E-state index contributed by atoms with van der Waals surface area (Å²) in [5.74, 6) is -0.614. The average molecular weight is 534 g/mol. The predicted octanol–water partition coefficient (Wildman–Crippen LogP) is 4.32. The lowest BCUT2D eigenvalue weighted by molar-refractivity contribution is -0.139. The molecule has 1 fully saturated rings. The SMILES string of the molecule is CC[C@H](C(=O)NC1CCCC1)N(CCc1ccccc1)C(=O)CN(c1ccc(C)c(Cl)c1)S(C)(=O)=O. The number of hydrogen-bond acceptors (Lipinski definition) is 4. The number of nitrogens with one attached hydrogen (secondary N) is 1. The first-order valence-electron chi connectivity index (χ1n) is 12.5. The van der Waals surface area contributed by atoms with Gasteiger partial charge >= 0.3 is 0 Å². The van der Waals surface area contributed by atoms with Gasteiger partial charge < -0.3 is 10.2 Å². The van der Waals surface area contributed by atoms with Crippen LogP contribution in [-0.4, -0.2) is 56.6 Å². The third kappa shape index (κ3) is 7.46. The largest absolute Gasteiger partial charge is 0.352 e. The lowest BCUT2D eigenvalue weighted by Crippen LogP contribution is -2.54. The molecule has 7 nitrogen and oxygen atoms in total. The van der Waals surface area contributed by atoms with Gasteiger partial charge in [0.1, 0.15) is 12.6 Å². The van der Waals surface area contributed by atoms with E-state index in [9.17, 15) is 18.0 Å². The van der Waals surface area contributed by atoms with E-state index in [0.29, 0.717) is 30.1 Å². The molecule has 1 aliphatic carbocycles. The van der Waals surface area contributed by atoms with E-state index in [1.807, 2.05) is 44.2 Å². The van der Waals surface area contributed by atoms with Gasteiger partial charge in [0.15, 0.2) is 0 Å². The van der Waals surface area contributed by atoms with Gasteiger partial charge in [0.25, 0.3) is 0 Å². The lowest BCUT2D eigenvalue weighted by atomic mass is 10.1. The molecule has 1 aliphatic rings. The van der Waals surface area contributed by atoms with Crippen LogP contribution in [0.4, 0.5) is 5.69 Å². The second kappa shape index (κ2) is 12.6. The molecule has 0 heterocycles. The van der Waals surface area contributed by atoms with Gasteiger partial charge in [-0.2, -0.15) is 0 Å². The molecule has 0 radical (unpaired) electrons. The monoisotopic (exact) mass is 533 g/mol. The number of nitrogens with zero attached hydrogens (tertiary/aromatic N) is 2. The number of carbonyl (C=O) groups is 2. The molecule has 0 spiro atoms. The summed E-state index contributed by atoms with van der Waals surface area (Å²) in [4.78, 5) is 28.5. The average Bonchev–Trinajstić information content (AvgIpc) is 3.34. The summed E-state index contributed by atoms with van der Waals surface area (Å²) in [5.41, 5.74) is 2.15. The molecular weight excluding hydrogens is 498 g/mol. The standard InChI is InChI=1S/C27H36ClN3O4S/c1-4-25(27(33)29-22-12-8-9-13-22)30(17-16-21-10-6-5-7-11-21)26(32)19-31(36(3,34)35)23-15-14-20(2)24(28)18-23/h5-7,10-11,14-15,18,22,25H,4,8-9,12-13,16-17,19H2,1-3H3,(H,29,33)/t25-/m1/s1. The van der Waals surface area contributed by atoms with Crippen molar-refractivity contribution < 1.29 is 18.0 Å². The van der Waals surface area contributed by atoms with Gasteiger partial charge in [-0.05, 0) is 55.9 Å². The van der Waals surface area contributed by atoms with Crippen LogP contribution in [0.25, 0.3) is 0 Å². The summed E-state index contributed by atoms with van der Waals surface area (Å²) in [7, 11) is -3.79. The Hall–Kier alpha value is -2.58. The van der Waals surface area contributed by atoms with Crippen LogP contribution in [0.1, 0.15) is 50.2 Å². The molecule has 36 heavy (non-hydrogen) atoms. The number of carbonyl (C=O) groups excluding carboxylic acids is 2. The van der Waals surface area contributed by atoms with Gasteiger partial charge in [-0.15, -0.1) is 0 Å². The topological polar surface area (TPSA) is 86.8 Å². The third-order valence-corrected chi connectivity index (χ3v) is 8.24. The molecular formula is C27H36ClN3O4S. The van der Waals surface area contributed by atoms with Crippen molar-refractivity contribution in [3.63, 3.8) is 0 Å². The summed E-state index contributed by atoms with van der Waals surface area (Å²) in [6, 6.07) is 14.1. The minimum absolute atomic E-state index is 0.125. The van der Waals surface area contributed by atoms with E-state index in [2.05, 4.69) is 5.32 Å². The number of benzene rings is 2. The molecule has 1 saturated carbocycles. The van der Waals surface area contributed by atoms with Crippen molar-refractivity contribution >= 4 is 39.1 Å². The van der Waals surface area contributed by atoms with Crippen LogP contribution in [-0.2, 0) is 26.0 Å². The quantitative estimate of drug-likeness (QED) is 0.466. The molecule has 2 aromatic rings. The van der Waals surface area contributed by atoms with Gasteiger partial charge in [-0.25, -0.2) is 8.42 Å². The number of halogens is 1. The fourth-order valence-corrected chi connectivity index (χ4v) is 5.63. The van der Waals surface area contributed by atoms with Crippen molar-refractivity contribution in [2.24, 2.45) is 0 Å². The Bertz CT molecular complexity index is 1150. The molecule has 9 heteroatoms. The van der Waals surface area contributed by atoms with E-state index >= 15 is 0 Å². The van der Waals surface area contributed by atoms with Gasteiger partial charge in [0.2, 0.25) is 21.8 Å². The van der Waals surface area contributed by atoms with Crippen LogP contribution >= 0.6 is 11.6 Å². The van der Waals surface area contributed by atoms with Gasteiger partial charge in [0.05, 0.1) is 11.9 Å². The second-order valence-corrected chi connectivity index (χ2v) is 11.8. The van der Waals surface area contributed by atoms with Gasteiger partial charge in [-0.3, -0.25) is 13.9 Å². The van der Waals surface area contributed by atoms with E-state index in [4.69, 9.17) is 11.6 Å². The molecule has 0 aliphatic heterocycles. The third-order valence-electron chi connectivity index (χ3n) is 6.69. The molecule has 2 amide bonds. The van der Waals surface area contributed by atoms with Crippen molar-refractivity contribution in [3.05, 3.63) is 64.7 Å². The van der Waals surface area contributed by atoms with Crippen molar-refractivity contribution in [1.82, 2.24) is 10.2 Å². The highest BCUT2D eigenvalue weighted by Gasteiger charge is 2.32. The summed E-state index contributed by atoms with van der Waals surface area (Å²) in [6.07, 6.45) is 6.09. The Labute approximate surface area is 219 Å². The predicted molar refractivity (Wildman–Crippen MR) is 145 cm³/mol. The van der Waals surface area contributed by atoms with E-state index < -0.39 is 28.5 Å². The first-order valence-corrected chi connectivity index (χ1v) is 14.7. The first-order chi connectivity index (χ1) is 17.1. The van der Waals surface area contributed by atoms with Gasteiger partial charge in [0, 0.05) is 17.6 Å². The maximum Gasteiger partial charge on any atom is 0.244 e. The fourth-order valence-electron chi connectivity index (χ4n) is 4.61. The minimum Gasteiger partial charge on any atom is -0.352 e. The zero-order valence-electron chi connectivity index (χ0n) is 21.2. The van der Waals surface area contributed by atoms with E-state index in [1.54, 1.807) is 18.2 Å². The highest BCUT2D eigenvalue weighted by atomic mass is 35.5. The lowest BCUT2D eigenvalue weighted by Gasteiger charge is -2.33. The van der Waals surface area contributed by atoms with Gasteiger partial charge in [-0.1, -0.05) is 67.8 Å². The van der Waals surface area contributed by atoms with Crippen molar-refractivity contribution in [2.75, 3.05) is 23.7 Å². The number of aryl methyl sites for hydroxylation is 1. The van der Waals surface area contributed by atoms with E-state index in [0.717, 1.165) is 47.4 Å². The van der Waals surface area contributed by atoms with E-state index in [-0.39, 0.29) is 11.9 Å². The minimum atomic E-state index is -3.79. The molecule has 196 valence electrons. The second-order valence-electron chi connectivity index (χ2n) is 9.44. The highest BCUT2D eigenvalue weighted by Crippen LogP contribution is 2.25. The Balaban J connectivity index is 1.87. The molecule has 0 bridgehead atoms. The van der Waals surface area contributed by atoms with Crippen molar-refractivity contribution in [3.8, 4) is 0 Å². The zero-order chi connectivity index (χ0) is 26.3. The van der Waals surface area contributed by atoms with Crippen LogP contribution in [0.5, 0.6) is 0 Å². The number of rotatable bonds is 11.